The minimum absolute atomic E-state index is 0.361. The highest BCUT2D eigenvalue weighted by Crippen LogP contribution is 2.22. The summed E-state index contributed by atoms with van der Waals surface area (Å²) in [4.78, 5) is 12.5. The van der Waals surface area contributed by atoms with Crippen LogP contribution in [0.4, 0.5) is 10.8 Å². The maximum absolute atomic E-state index is 5.68. The molecule has 0 bridgehead atoms. The first-order valence-corrected chi connectivity index (χ1v) is 9.97. The zero-order valence-corrected chi connectivity index (χ0v) is 16.6. The Morgan fingerprint density at radius 2 is 2.19 bits per heavy atom. The van der Waals surface area contributed by atoms with Gasteiger partial charge in [0.2, 0.25) is 0 Å². The van der Waals surface area contributed by atoms with E-state index >= 15 is 0 Å². The van der Waals surface area contributed by atoms with Gasteiger partial charge in [-0.1, -0.05) is 6.92 Å². The van der Waals surface area contributed by atoms with Gasteiger partial charge in [-0.3, -0.25) is 5.43 Å². The summed E-state index contributed by atoms with van der Waals surface area (Å²) in [6.45, 7) is 6.38. The van der Waals surface area contributed by atoms with Crippen LogP contribution < -0.4 is 20.4 Å². The summed E-state index contributed by atoms with van der Waals surface area (Å²) in [5, 5.41) is 8.37. The van der Waals surface area contributed by atoms with E-state index in [0.29, 0.717) is 31.5 Å². The van der Waals surface area contributed by atoms with E-state index in [1.165, 1.54) is 4.88 Å². The number of hydrogen-bond acceptors (Lipinski definition) is 9. The fraction of sp³-hybridized carbons (Fsp3) is 0.500. The molecule has 0 unspecified atom stereocenters. The Bertz CT molecular complexity index is 745. The van der Waals surface area contributed by atoms with Gasteiger partial charge in [-0.05, 0) is 25.6 Å². The van der Waals surface area contributed by atoms with Crippen LogP contribution in [0, 0.1) is 0 Å². The molecule has 146 valence electrons. The molecule has 2 aromatic rings. The Kier molecular flexibility index (Phi) is 7.37. The normalized spacial score (nSPS) is 14.7. The van der Waals surface area contributed by atoms with Crippen LogP contribution in [0.2, 0.25) is 0 Å². The van der Waals surface area contributed by atoms with E-state index in [1.807, 2.05) is 19.2 Å². The van der Waals surface area contributed by atoms with Crippen LogP contribution in [-0.2, 0) is 11.2 Å². The summed E-state index contributed by atoms with van der Waals surface area (Å²) >= 11 is 1.70. The number of aromatic nitrogens is 2. The second kappa shape index (κ2) is 10.2. The molecule has 0 amide bonds. The van der Waals surface area contributed by atoms with Crippen molar-refractivity contribution >= 4 is 28.4 Å². The lowest BCUT2D eigenvalue weighted by molar-refractivity contribution is 0.122. The number of morpholine rings is 1. The number of aryl methyl sites for hydroxylation is 1. The maximum atomic E-state index is 5.68. The number of hydrazone groups is 1. The van der Waals surface area contributed by atoms with Gasteiger partial charge in [0.1, 0.15) is 17.4 Å². The molecule has 0 spiro atoms. The predicted octanol–water partition coefficient (Wildman–Crippen LogP) is 1.98. The molecular weight excluding hydrogens is 364 g/mol. The SMILES string of the molecule is CCc1ccc(NN=Cc2cc(N3CCOCC3)nc(OCCNC)n2)s1. The van der Waals surface area contributed by atoms with Crippen LogP contribution in [0.25, 0.3) is 0 Å². The highest BCUT2D eigenvalue weighted by Gasteiger charge is 2.15. The molecule has 0 radical (unpaired) electrons. The monoisotopic (exact) mass is 390 g/mol. The van der Waals surface area contributed by atoms with Crippen molar-refractivity contribution in [3.63, 3.8) is 0 Å². The Morgan fingerprint density at radius 1 is 1.33 bits per heavy atom. The molecule has 1 aliphatic rings. The molecule has 2 N–H and O–H groups in total. The molecular formula is C18H26N6O2S. The first kappa shape index (κ1) is 19.5. The zero-order valence-electron chi connectivity index (χ0n) is 15.8. The second-order valence-corrected chi connectivity index (χ2v) is 7.14. The van der Waals surface area contributed by atoms with E-state index in [2.05, 4.69) is 43.7 Å². The van der Waals surface area contributed by atoms with Gasteiger partial charge in [-0.25, -0.2) is 0 Å². The van der Waals surface area contributed by atoms with Gasteiger partial charge in [0.15, 0.2) is 0 Å². The quantitative estimate of drug-likeness (QED) is 0.385. The molecule has 3 rings (SSSR count). The van der Waals surface area contributed by atoms with E-state index in [9.17, 15) is 0 Å². The first-order chi connectivity index (χ1) is 13.3. The minimum atomic E-state index is 0.361. The first-order valence-electron chi connectivity index (χ1n) is 9.15. The highest BCUT2D eigenvalue weighted by atomic mass is 32.1. The Labute approximate surface area is 163 Å². The van der Waals surface area contributed by atoms with Gasteiger partial charge in [0.25, 0.3) is 0 Å². The summed E-state index contributed by atoms with van der Waals surface area (Å²) in [6.07, 6.45) is 2.72. The summed E-state index contributed by atoms with van der Waals surface area (Å²) < 4.78 is 11.1. The maximum Gasteiger partial charge on any atom is 0.319 e. The Morgan fingerprint density at radius 3 is 2.93 bits per heavy atom. The molecule has 0 aromatic carbocycles. The molecule has 2 aromatic heterocycles. The lowest BCUT2D eigenvalue weighted by Crippen LogP contribution is -2.37. The van der Waals surface area contributed by atoms with Crippen molar-refractivity contribution in [2.45, 2.75) is 13.3 Å². The third kappa shape index (κ3) is 5.88. The van der Waals surface area contributed by atoms with Crippen molar-refractivity contribution in [3.8, 4) is 6.01 Å². The molecule has 9 heteroatoms. The molecule has 1 aliphatic heterocycles. The van der Waals surface area contributed by atoms with E-state index < -0.39 is 0 Å². The van der Waals surface area contributed by atoms with Crippen molar-refractivity contribution in [1.29, 1.82) is 0 Å². The number of nitrogens with zero attached hydrogens (tertiary/aromatic N) is 4. The minimum Gasteiger partial charge on any atom is -0.462 e. The average Bonchev–Trinajstić information content (AvgIpc) is 3.17. The number of thiophene rings is 1. The number of anilines is 2. The van der Waals surface area contributed by atoms with Crippen LogP contribution in [0.5, 0.6) is 6.01 Å². The molecule has 0 aliphatic carbocycles. The van der Waals surface area contributed by atoms with Crippen LogP contribution >= 0.6 is 11.3 Å². The number of ether oxygens (including phenoxy) is 2. The zero-order chi connectivity index (χ0) is 18.9. The summed E-state index contributed by atoms with van der Waals surface area (Å²) in [7, 11) is 1.88. The molecule has 0 atom stereocenters. The van der Waals surface area contributed by atoms with E-state index in [-0.39, 0.29) is 0 Å². The fourth-order valence-electron chi connectivity index (χ4n) is 2.55. The fourth-order valence-corrected chi connectivity index (χ4v) is 3.35. The van der Waals surface area contributed by atoms with Crippen molar-refractivity contribution in [1.82, 2.24) is 15.3 Å². The van der Waals surface area contributed by atoms with Gasteiger partial charge >= 0.3 is 6.01 Å². The molecule has 0 saturated carbocycles. The molecule has 3 heterocycles. The van der Waals surface area contributed by atoms with Gasteiger partial charge in [-0.15, -0.1) is 11.3 Å². The topological polar surface area (TPSA) is 83.9 Å². The second-order valence-electron chi connectivity index (χ2n) is 5.97. The van der Waals surface area contributed by atoms with Gasteiger partial charge < -0.3 is 19.7 Å². The average molecular weight is 391 g/mol. The van der Waals surface area contributed by atoms with Gasteiger partial charge in [0.05, 0.1) is 25.1 Å². The summed E-state index contributed by atoms with van der Waals surface area (Å²) in [5.74, 6) is 0.832. The van der Waals surface area contributed by atoms with Crippen LogP contribution in [0.1, 0.15) is 17.5 Å². The highest BCUT2D eigenvalue weighted by molar-refractivity contribution is 7.16. The largest absolute Gasteiger partial charge is 0.462 e. The Hall–Kier alpha value is -2.23. The standard InChI is InChI=1S/C18H26N6O2S/c1-3-15-4-5-17(27-15)23-20-13-14-12-16(24-7-10-25-11-8-24)22-18(21-14)26-9-6-19-2/h4-5,12-13,19,23H,3,6-11H2,1-2H3. The van der Waals surface area contributed by atoms with Gasteiger partial charge in [0, 0.05) is 30.6 Å². The molecule has 1 fully saturated rings. The molecule has 8 nitrogen and oxygen atoms in total. The van der Waals surface area contributed by atoms with Gasteiger partial charge in [-0.2, -0.15) is 15.1 Å². The lowest BCUT2D eigenvalue weighted by Gasteiger charge is -2.28. The number of likely N-dealkylation sites (N-methyl/N-ethyl adjacent to an activating group) is 1. The number of rotatable bonds is 9. The molecule has 27 heavy (non-hydrogen) atoms. The predicted molar refractivity (Wildman–Crippen MR) is 109 cm³/mol. The summed E-state index contributed by atoms with van der Waals surface area (Å²) in [5.41, 5.74) is 3.76. The van der Waals surface area contributed by atoms with Crippen molar-refractivity contribution in [2.24, 2.45) is 5.10 Å². The summed E-state index contributed by atoms with van der Waals surface area (Å²) in [6, 6.07) is 6.43. The van der Waals surface area contributed by atoms with E-state index in [4.69, 9.17) is 9.47 Å². The molecule has 1 saturated heterocycles. The van der Waals surface area contributed by atoms with Crippen molar-refractivity contribution in [2.75, 3.05) is 56.8 Å². The smallest absolute Gasteiger partial charge is 0.319 e. The van der Waals surface area contributed by atoms with Crippen molar-refractivity contribution < 1.29 is 9.47 Å². The third-order valence-electron chi connectivity index (χ3n) is 4.01. The Balaban J connectivity index is 1.72. The van der Waals surface area contributed by atoms with Crippen LogP contribution in [0.3, 0.4) is 0 Å². The number of nitrogens with one attached hydrogen (secondary N) is 2. The van der Waals surface area contributed by atoms with Crippen LogP contribution in [0.15, 0.2) is 23.3 Å². The third-order valence-corrected chi connectivity index (χ3v) is 5.15. The van der Waals surface area contributed by atoms with Crippen LogP contribution in [-0.4, -0.2) is 62.7 Å². The van der Waals surface area contributed by atoms with Crippen molar-refractivity contribution in [3.05, 3.63) is 28.8 Å². The lowest BCUT2D eigenvalue weighted by atomic mass is 10.3. The number of hydrogen-bond donors (Lipinski definition) is 2. The van der Waals surface area contributed by atoms with E-state index in [1.54, 1.807) is 17.6 Å². The van der Waals surface area contributed by atoms with E-state index in [0.717, 1.165) is 36.9 Å².